The van der Waals surface area contributed by atoms with E-state index in [9.17, 15) is 4.79 Å². The second-order valence-electron chi connectivity index (χ2n) is 5.35. The van der Waals surface area contributed by atoms with Crippen LogP contribution in [0.4, 0.5) is 0 Å². The van der Waals surface area contributed by atoms with E-state index < -0.39 is 0 Å². The Morgan fingerprint density at radius 3 is 2.74 bits per heavy atom. The van der Waals surface area contributed by atoms with Crippen molar-refractivity contribution < 1.29 is 9.90 Å². The van der Waals surface area contributed by atoms with E-state index in [0.29, 0.717) is 17.3 Å². The molecule has 0 atom stereocenters. The quantitative estimate of drug-likeness (QED) is 0.904. The summed E-state index contributed by atoms with van der Waals surface area (Å²) in [5, 5.41) is 9.74. The smallest absolute Gasteiger partial charge is 0.270 e. The molecule has 0 aliphatic heterocycles. The van der Waals surface area contributed by atoms with Gasteiger partial charge >= 0.3 is 0 Å². The molecule has 1 fully saturated rings. The Hall–Kier alpha value is -1.00. The van der Waals surface area contributed by atoms with Crippen LogP contribution >= 0.6 is 11.6 Å². The molecule has 5 heteroatoms. The second-order valence-corrected chi connectivity index (χ2v) is 5.79. The number of aliphatic hydroxyl groups is 1. The molecule has 0 radical (unpaired) electrons. The molecule has 1 heterocycles. The summed E-state index contributed by atoms with van der Waals surface area (Å²) < 4.78 is 1.90. The summed E-state index contributed by atoms with van der Waals surface area (Å²) in [6.07, 6.45) is 5.01. The Bertz CT molecular complexity index is 452. The Kier molecular flexibility index (Phi) is 4.53. The zero-order valence-electron chi connectivity index (χ0n) is 11.5. The summed E-state index contributed by atoms with van der Waals surface area (Å²) in [5.41, 5.74) is 0.611. The van der Waals surface area contributed by atoms with Crippen molar-refractivity contribution in [2.75, 3.05) is 13.2 Å². The van der Waals surface area contributed by atoms with Crippen molar-refractivity contribution >= 4 is 17.5 Å². The summed E-state index contributed by atoms with van der Waals surface area (Å²) in [6, 6.07) is 2.17. The van der Waals surface area contributed by atoms with Crippen LogP contribution in [0.5, 0.6) is 0 Å². The minimum Gasteiger partial charge on any atom is -0.395 e. The molecule has 2 rings (SSSR count). The zero-order valence-corrected chi connectivity index (χ0v) is 12.2. The molecular weight excluding hydrogens is 264 g/mol. The van der Waals surface area contributed by atoms with Gasteiger partial charge in [-0.25, -0.2) is 0 Å². The van der Waals surface area contributed by atoms with Crippen molar-refractivity contribution in [3.05, 3.63) is 23.0 Å². The first-order chi connectivity index (χ1) is 9.04. The number of halogens is 1. The van der Waals surface area contributed by atoms with Crippen LogP contribution in [0.25, 0.3) is 0 Å². The molecule has 1 saturated carbocycles. The summed E-state index contributed by atoms with van der Waals surface area (Å²) in [4.78, 5) is 14.4. The fourth-order valence-corrected chi connectivity index (χ4v) is 2.66. The van der Waals surface area contributed by atoms with Gasteiger partial charge in [0.1, 0.15) is 5.69 Å². The van der Waals surface area contributed by atoms with Gasteiger partial charge in [-0.2, -0.15) is 0 Å². The number of hydrogen-bond acceptors (Lipinski definition) is 2. The van der Waals surface area contributed by atoms with Crippen LogP contribution in [0.1, 0.15) is 49.6 Å². The van der Waals surface area contributed by atoms with E-state index in [0.717, 1.165) is 19.3 Å². The largest absolute Gasteiger partial charge is 0.395 e. The van der Waals surface area contributed by atoms with Gasteiger partial charge in [0.25, 0.3) is 5.91 Å². The number of carbonyl (C=O) groups excluding carboxylic acids is 1. The van der Waals surface area contributed by atoms with E-state index in [1.807, 2.05) is 18.4 Å². The van der Waals surface area contributed by atoms with Crippen molar-refractivity contribution in [1.29, 1.82) is 0 Å². The maximum absolute atomic E-state index is 12.6. The van der Waals surface area contributed by atoms with Crippen molar-refractivity contribution in [3.63, 3.8) is 0 Å². The minimum absolute atomic E-state index is 0.00163. The summed E-state index contributed by atoms with van der Waals surface area (Å²) in [5.74, 6) is -0.0284. The van der Waals surface area contributed by atoms with Gasteiger partial charge in [-0.3, -0.25) is 4.79 Å². The number of aromatic nitrogens is 1. The lowest BCUT2D eigenvalue weighted by Gasteiger charge is -2.37. The van der Waals surface area contributed by atoms with Crippen LogP contribution in [0, 0.1) is 0 Å². The molecule has 1 aliphatic rings. The van der Waals surface area contributed by atoms with Gasteiger partial charge in [0.2, 0.25) is 0 Å². The fourth-order valence-electron chi connectivity index (χ4n) is 2.45. The standard InChI is InChI=1S/C14H21ClN2O2/c1-10(2)17-9-11(15)8-13(17)14(19)16(6-7-18)12-4-3-5-12/h8-10,12,18H,3-7H2,1-2H3. The molecular formula is C14H21ClN2O2. The van der Waals surface area contributed by atoms with Gasteiger partial charge in [-0.1, -0.05) is 11.6 Å². The first kappa shape index (κ1) is 14.4. The van der Waals surface area contributed by atoms with E-state index in [-0.39, 0.29) is 24.6 Å². The molecule has 4 nitrogen and oxygen atoms in total. The molecule has 0 bridgehead atoms. The Labute approximate surface area is 119 Å². The van der Waals surface area contributed by atoms with Crippen LogP contribution in [0.2, 0.25) is 5.02 Å². The summed E-state index contributed by atoms with van der Waals surface area (Å²) >= 11 is 6.02. The maximum atomic E-state index is 12.6. The third kappa shape index (κ3) is 2.95. The summed E-state index contributed by atoms with van der Waals surface area (Å²) in [7, 11) is 0. The highest BCUT2D eigenvalue weighted by molar-refractivity contribution is 6.31. The van der Waals surface area contributed by atoms with Gasteiger partial charge in [0.05, 0.1) is 11.6 Å². The maximum Gasteiger partial charge on any atom is 0.270 e. The molecule has 1 aliphatic carbocycles. The first-order valence-corrected chi connectivity index (χ1v) is 7.21. The third-order valence-corrected chi connectivity index (χ3v) is 3.91. The lowest BCUT2D eigenvalue weighted by Crippen LogP contribution is -2.46. The van der Waals surface area contributed by atoms with Crippen LogP contribution < -0.4 is 0 Å². The van der Waals surface area contributed by atoms with E-state index in [4.69, 9.17) is 16.7 Å². The molecule has 106 valence electrons. The van der Waals surface area contributed by atoms with Crippen molar-refractivity contribution in [2.45, 2.75) is 45.2 Å². The summed E-state index contributed by atoms with van der Waals surface area (Å²) in [6.45, 7) is 4.43. The first-order valence-electron chi connectivity index (χ1n) is 6.83. The van der Waals surface area contributed by atoms with Gasteiger partial charge in [0, 0.05) is 24.8 Å². The number of aliphatic hydroxyl groups excluding tert-OH is 1. The number of rotatable bonds is 5. The SMILES string of the molecule is CC(C)n1cc(Cl)cc1C(=O)N(CCO)C1CCC1. The topological polar surface area (TPSA) is 45.5 Å². The number of carbonyl (C=O) groups is 1. The van der Waals surface area contributed by atoms with Gasteiger partial charge in [-0.05, 0) is 39.2 Å². The molecule has 0 saturated heterocycles. The molecule has 19 heavy (non-hydrogen) atoms. The Morgan fingerprint density at radius 2 is 2.26 bits per heavy atom. The number of nitrogens with zero attached hydrogens (tertiary/aromatic N) is 2. The molecule has 0 aromatic carbocycles. The van der Waals surface area contributed by atoms with Gasteiger partial charge in [0.15, 0.2) is 0 Å². The predicted octanol–water partition coefficient (Wildman–Crippen LogP) is 2.71. The highest BCUT2D eigenvalue weighted by atomic mass is 35.5. The number of hydrogen-bond donors (Lipinski definition) is 1. The highest BCUT2D eigenvalue weighted by Crippen LogP contribution is 2.27. The van der Waals surface area contributed by atoms with E-state index in [2.05, 4.69) is 0 Å². The average Bonchev–Trinajstić information content (AvgIpc) is 2.67. The number of amides is 1. The van der Waals surface area contributed by atoms with E-state index in [1.54, 1.807) is 17.2 Å². The van der Waals surface area contributed by atoms with E-state index in [1.165, 1.54) is 0 Å². The zero-order chi connectivity index (χ0) is 14.0. The van der Waals surface area contributed by atoms with Gasteiger partial charge in [-0.15, -0.1) is 0 Å². The lowest BCUT2D eigenvalue weighted by molar-refractivity contribution is 0.0513. The second kappa shape index (κ2) is 5.97. The molecule has 1 N–H and O–H groups in total. The van der Waals surface area contributed by atoms with Gasteiger partial charge < -0.3 is 14.6 Å². The Morgan fingerprint density at radius 1 is 1.58 bits per heavy atom. The molecule has 1 aromatic rings. The van der Waals surface area contributed by atoms with Crippen LogP contribution in [0.3, 0.4) is 0 Å². The minimum atomic E-state index is -0.0284. The van der Waals surface area contributed by atoms with Crippen LogP contribution in [-0.4, -0.2) is 39.7 Å². The van der Waals surface area contributed by atoms with Crippen molar-refractivity contribution in [2.24, 2.45) is 0 Å². The fraction of sp³-hybridized carbons (Fsp3) is 0.643. The third-order valence-electron chi connectivity index (χ3n) is 3.71. The average molecular weight is 285 g/mol. The monoisotopic (exact) mass is 284 g/mol. The van der Waals surface area contributed by atoms with Crippen molar-refractivity contribution in [3.8, 4) is 0 Å². The predicted molar refractivity (Wildman–Crippen MR) is 75.6 cm³/mol. The molecule has 0 spiro atoms. The highest BCUT2D eigenvalue weighted by Gasteiger charge is 2.30. The van der Waals surface area contributed by atoms with E-state index >= 15 is 0 Å². The van der Waals surface area contributed by atoms with Crippen molar-refractivity contribution in [1.82, 2.24) is 9.47 Å². The molecule has 1 amide bonds. The van der Waals surface area contributed by atoms with Crippen LogP contribution in [-0.2, 0) is 0 Å². The van der Waals surface area contributed by atoms with Crippen LogP contribution in [0.15, 0.2) is 12.3 Å². The lowest BCUT2D eigenvalue weighted by atomic mass is 9.91. The molecule has 0 unspecified atom stereocenters. The Balaban J connectivity index is 2.25. The normalized spacial score (nSPS) is 15.6. The molecule has 1 aromatic heterocycles.